The summed E-state index contributed by atoms with van der Waals surface area (Å²) < 4.78 is 5.74. The lowest BCUT2D eigenvalue weighted by Gasteiger charge is -2.29. The maximum absolute atomic E-state index is 12.3. The van der Waals surface area contributed by atoms with Crippen LogP contribution in [0, 0.1) is 5.41 Å². The van der Waals surface area contributed by atoms with E-state index >= 15 is 0 Å². The number of hydrogen-bond donors (Lipinski definition) is 0. The molecule has 198 valence electrons. The summed E-state index contributed by atoms with van der Waals surface area (Å²) in [6.45, 7) is 9.75. The second-order valence-corrected chi connectivity index (χ2v) is 11.1. The Balaban J connectivity index is 3.62. The van der Waals surface area contributed by atoms with Crippen molar-refractivity contribution in [2.24, 2.45) is 5.41 Å². The normalized spacial score (nSPS) is 13.2. The van der Waals surface area contributed by atoms with Gasteiger partial charge in [-0.1, -0.05) is 156 Å². The van der Waals surface area contributed by atoms with E-state index in [2.05, 4.69) is 27.7 Å². The third-order valence-electron chi connectivity index (χ3n) is 7.33. The van der Waals surface area contributed by atoms with Gasteiger partial charge in [0.15, 0.2) is 0 Å². The molecule has 0 bridgehead atoms. The maximum atomic E-state index is 12.3. The molecule has 0 radical (unpaired) electrons. The van der Waals surface area contributed by atoms with E-state index in [1.807, 2.05) is 0 Å². The number of carbonyl (C=O) groups excluding carboxylic acids is 1. The Labute approximate surface area is 209 Å². The Morgan fingerprint density at radius 1 is 0.515 bits per heavy atom. The quantitative estimate of drug-likeness (QED) is 0.0935. The van der Waals surface area contributed by atoms with Crippen LogP contribution >= 0.6 is 0 Å². The van der Waals surface area contributed by atoms with Crippen LogP contribution in [-0.4, -0.2) is 12.6 Å². The predicted molar refractivity (Wildman–Crippen MR) is 147 cm³/mol. The lowest BCUT2D eigenvalue weighted by atomic mass is 9.80. The number of unbranched alkanes of at least 4 members (excludes halogenated alkanes) is 18. The van der Waals surface area contributed by atoms with E-state index in [0.717, 1.165) is 6.42 Å². The number of ether oxygens (including phenoxy) is 1. The van der Waals surface area contributed by atoms with Gasteiger partial charge < -0.3 is 4.74 Å². The molecule has 0 saturated carbocycles. The van der Waals surface area contributed by atoms with E-state index < -0.39 is 0 Å². The van der Waals surface area contributed by atoms with Crippen LogP contribution in [0.1, 0.15) is 182 Å². The van der Waals surface area contributed by atoms with E-state index in [4.69, 9.17) is 4.74 Å². The molecule has 0 aromatic carbocycles. The van der Waals surface area contributed by atoms with Crippen LogP contribution in [0.2, 0.25) is 0 Å². The van der Waals surface area contributed by atoms with E-state index in [1.165, 1.54) is 141 Å². The molecule has 1 unspecified atom stereocenters. The molecule has 0 saturated heterocycles. The zero-order valence-corrected chi connectivity index (χ0v) is 23.5. The Bertz CT molecular complexity index is 406. The first-order valence-corrected chi connectivity index (χ1v) is 15.2. The molecule has 0 rings (SSSR count). The zero-order valence-electron chi connectivity index (χ0n) is 23.5. The monoisotopic (exact) mass is 466 g/mol. The fraction of sp³-hybridized carbons (Fsp3) is 0.968. The summed E-state index contributed by atoms with van der Waals surface area (Å²) in [4.78, 5) is 12.3. The van der Waals surface area contributed by atoms with Crippen molar-refractivity contribution in [1.82, 2.24) is 0 Å². The molecule has 0 aliphatic rings. The van der Waals surface area contributed by atoms with Crippen LogP contribution in [0.4, 0.5) is 0 Å². The molecule has 0 N–H and O–H groups in total. The summed E-state index contributed by atoms with van der Waals surface area (Å²) in [5.41, 5.74) is 0.175. The molecule has 2 heteroatoms. The molecule has 0 aromatic heterocycles. The predicted octanol–water partition coefficient (Wildman–Crippen LogP) is 11.0. The van der Waals surface area contributed by atoms with Crippen molar-refractivity contribution in [3.8, 4) is 0 Å². The molecule has 2 nitrogen and oxygen atoms in total. The van der Waals surface area contributed by atoms with Crippen molar-refractivity contribution < 1.29 is 9.53 Å². The fourth-order valence-corrected chi connectivity index (χ4v) is 4.82. The minimum atomic E-state index is 0.0287. The largest absolute Gasteiger partial charge is 0.465 e. The third kappa shape index (κ3) is 23.0. The maximum Gasteiger partial charge on any atom is 0.305 e. The topological polar surface area (TPSA) is 26.3 Å². The molecule has 0 spiro atoms. The summed E-state index contributed by atoms with van der Waals surface area (Å²) in [6, 6.07) is 0. The summed E-state index contributed by atoms with van der Waals surface area (Å²) in [5, 5.41) is 0. The van der Waals surface area contributed by atoms with Gasteiger partial charge in [-0.05, 0) is 19.3 Å². The molecule has 0 aliphatic carbocycles. The highest BCUT2D eigenvalue weighted by atomic mass is 16.5. The Kier molecular flexibility index (Phi) is 24.2. The smallest absolute Gasteiger partial charge is 0.305 e. The van der Waals surface area contributed by atoms with E-state index in [-0.39, 0.29) is 11.4 Å². The molecule has 0 fully saturated rings. The van der Waals surface area contributed by atoms with E-state index in [0.29, 0.717) is 13.0 Å². The Hall–Kier alpha value is -0.530. The van der Waals surface area contributed by atoms with Crippen molar-refractivity contribution in [3.63, 3.8) is 0 Å². The van der Waals surface area contributed by atoms with Crippen LogP contribution < -0.4 is 0 Å². The first-order valence-electron chi connectivity index (χ1n) is 15.2. The first-order chi connectivity index (χ1) is 16.1. The van der Waals surface area contributed by atoms with Gasteiger partial charge in [-0.3, -0.25) is 4.79 Å². The SMILES string of the molecule is CCCCCCCCCCCCCCCCCC(=O)OCC(C)(CCCC)CCCCCC. The molecule has 0 aliphatic heterocycles. The summed E-state index contributed by atoms with van der Waals surface area (Å²) in [5.74, 6) is 0.0287. The van der Waals surface area contributed by atoms with Gasteiger partial charge in [-0.2, -0.15) is 0 Å². The second-order valence-electron chi connectivity index (χ2n) is 11.1. The number of hydrogen-bond acceptors (Lipinski definition) is 2. The zero-order chi connectivity index (χ0) is 24.5. The number of carbonyl (C=O) groups is 1. The van der Waals surface area contributed by atoms with E-state index in [9.17, 15) is 4.79 Å². The molecule has 33 heavy (non-hydrogen) atoms. The van der Waals surface area contributed by atoms with Gasteiger partial charge in [0.05, 0.1) is 6.61 Å². The summed E-state index contributed by atoms with van der Waals surface area (Å²) in [7, 11) is 0. The van der Waals surface area contributed by atoms with Crippen molar-refractivity contribution in [3.05, 3.63) is 0 Å². The summed E-state index contributed by atoms with van der Waals surface area (Å²) >= 11 is 0. The number of esters is 1. The van der Waals surface area contributed by atoms with Gasteiger partial charge in [0.2, 0.25) is 0 Å². The van der Waals surface area contributed by atoms with E-state index in [1.54, 1.807) is 0 Å². The van der Waals surface area contributed by atoms with Gasteiger partial charge in [-0.25, -0.2) is 0 Å². The standard InChI is InChI=1S/C31H62O2/c1-5-8-11-13-14-15-16-17-18-19-20-21-22-23-24-26-30(32)33-29-31(4,27-10-7-3)28-25-12-9-6-2/h5-29H2,1-4H3. The molecule has 0 aromatic rings. The minimum absolute atomic E-state index is 0.0287. The van der Waals surface area contributed by atoms with Gasteiger partial charge in [0.1, 0.15) is 0 Å². The highest BCUT2D eigenvalue weighted by molar-refractivity contribution is 5.69. The van der Waals surface area contributed by atoms with Crippen molar-refractivity contribution in [2.75, 3.05) is 6.61 Å². The first kappa shape index (κ1) is 32.5. The van der Waals surface area contributed by atoms with Crippen LogP contribution in [-0.2, 0) is 9.53 Å². The lowest BCUT2D eigenvalue weighted by molar-refractivity contribution is -0.147. The fourth-order valence-electron chi connectivity index (χ4n) is 4.82. The summed E-state index contributed by atoms with van der Waals surface area (Å²) in [6.07, 6.45) is 31.0. The van der Waals surface area contributed by atoms with Gasteiger partial charge in [0.25, 0.3) is 0 Å². The molecular weight excluding hydrogens is 404 g/mol. The van der Waals surface area contributed by atoms with Crippen LogP contribution in [0.3, 0.4) is 0 Å². The number of rotatable bonds is 26. The highest BCUT2D eigenvalue weighted by Crippen LogP contribution is 2.31. The molecule has 1 atom stereocenters. The van der Waals surface area contributed by atoms with Crippen LogP contribution in [0.15, 0.2) is 0 Å². The van der Waals surface area contributed by atoms with Crippen molar-refractivity contribution >= 4 is 5.97 Å². The average Bonchev–Trinajstić information content (AvgIpc) is 2.82. The van der Waals surface area contributed by atoms with Crippen LogP contribution in [0.25, 0.3) is 0 Å². The van der Waals surface area contributed by atoms with Crippen molar-refractivity contribution in [1.29, 1.82) is 0 Å². The molecule has 0 heterocycles. The Morgan fingerprint density at radius 2 is 0.879 bits per heavy atom. The molecular formula is C31H62O2. The third-order valence-corrected chi connectivity index (χ3v) is 7.33. The minimum Gasteiger partial charge on any atom is -0.465 e. The van der Waals surface area contributed by atoms with Crippen molar-refractivity contribution in [2.45, 2.75) is 182 Å². The van der Waals surface area contributed by atoms with Gasteiger partial charge in [0, 0.05) is 11.8 Å². The lowest BCUT2D eigenvalue weighted by Crippen LogP contribution is -2.25. The van der Waals surface area contributed by atoms with Gasteiger partial charge in [-0.15, -0.1) is 0 Å². The highest BCUT2D eigenvalue weighted by Gasteiger charge is 2.25. The van der Waals surface area contributed by atoms with Gasteiger partial charge >= 0.3 is 5.97 Å². The average molecular weight is 467 g/mol. The second kappa shape index (κ2) is 24.6. The molecule has 0 amide bonds. The Morgan fingerprint density at radius 3 is 1.33 bits per heavy atom. The van der Waals surface area contributed by atoms with Crippen LogP contribution in [0.5, 0.6) is 0 Å².